The molecule has 1 heterocycles. The van der Waals surface area contributed by atoms with Crippen LogP contribution in [-0.4, -0.2) is 19.0 Å². The average Bonchev–Trinajstić information content (AvgIpc) is 2.40. The lowest BCUT2D eigenvalue weighted by Gasteiger charge is -2.23. The Kier molecular flexibility index (Phi) is 3.38. The summed E-state index contributed by atoms with van der Waals surface area (Å²) in [5, 5.41) is 2.83. The summed E-state index contributed by atoms with van der Waals surface area (Å²) in [6, 6.07) is 3.07. The highest BCUT2D eigenvalue weighted by molar-refractivity contribution is 9.10. The molecule has 0 spiro atoms. The van der Waals surface area contributed by atoms with Crippen LogP contribution in [0.4, 0.5) is 15.8 Å². The molecule has 1 aliphatic rings. The van der Waals surface area contributed by atoms with E-state index in [-0.39, 0.29) is 17.6 Å². The molecule has 0 saturated carbocycles. The number of benzene rings is 1. The molecule has 0 radical (unpaired) electrons. The third kappa shape index (κ3) is 2.29. The van der Waals surface area contributed by atoms with Gasteiger partial charge in [0.2, 0.25) is 5.91 Å². The Morgan fingerprint density at radius 1 is 1.59 bits per heavy atom. The number of anilines is 2. The van der Waals surface area contributed by atoms with Crippen molar-refractivity contribution >= 4 is 33.2 Å². The molecular formula is C12H14BrFN2O. The summed E-state index contributed by atoms with van der Waals surface area (Å²) in [6.45, 7) is 5.21. The van der Waals surface area contributed by atoms with Gasteiger partial charge in [0.05, 0.1) is 21.8 Å². The fraction of sp³-hybridized carbons (Fsp3) is 0.417. The van der Waals surface area contributed by atoms with E-state index in [0.29, 0.717) is 16.7 Å². The van der Waals surface area contributed by atoms with Gasteiger partial charge in [0.1, 0.15) is 5.82 Å². The first kappa shape index (κ1) is 12.4. The number of nitrogens with zero attached hydrogens (tertiary/aromatic N) is 1. The van der Waals surface area contributed by atoms with Crippen LogP contribution in [0.5, 0.6) is 0 Å². The highest BCUT2D eigenvalue weighted by Gasteiger charge is 2.25. The second-order valence-electron chi connectivity index (χ2n) is 4.21. The predicted molar refractivity (Wildman–Crippen MR) is 69.8 cm³/mol. The summed E-state index contributed by atoms with van der Waals surface area (Å²) in [5.41, 5.74) is 1.40. The number of hydrogen-bond donors (Lipinski definition) is 1. The zero-order valence-corrected chi connectivity index (χ0v) is 11.3. The number of carbonyl (C=O) groups is 1. The molecule has 1 aromatic rings. The van der Waals surface area contributed by atoms with Crippen molar-refractivity contribution in [3.63, 3.8) is 0 Å². The monoisotopic (exact) mass is 300 g/mol. The first-order chi connectivity index (χ1) is 8.02. The largest absolute Gasteiger partial charge is 0.369 e. The van der Waals surface area contributed by atoms with Gasteiger partial charge in [0.25, 0.3) is 0 Å². The van der Waals surface area contributed by atoms with Crippen molar-refractivity contribution in [1.82, 2.24) is 0 Å². The Hall–Kier alpha value is -1.10. The van der Waals surface area contributed by atoms with Gasteiger partial charge in [-0.15, -0.1) is 0 Å². The zero-order chi connectivity index (χ0) is 12.6. The first-order valence-electron chi connectivity index (χ1n) is 5.57. The Morgan fingerprint density at radius 3 is 2.94 bits per heavy atom. The average molecular weight is 301 g/mol. The van der Waals surface area contributed by atoms with Gasteiger partial charge in [0, 0.05) is 19.2 Å². The number of nitrogens with one attached hydrogen (secondary N) is 1. The summed E-state index contributed by atoms with van der Waals surface area (Å²) in [5.74, 6) is -0.448. The normalized spacial score (nSPS) is 19.6. The number of fused-ring (bicyclic) bond motifs is 1. The van der Waals surface area contributed by atoms with Gasteiger partial charge >= 0.3 is 0 Å². The molecule has 2 rings (SSSR count). The lowest BCUT2D eigenvalue weighted by atomic mass is 10.1. The van der Waals surface area contributed by atoms with E-state index in [1.165, 1.54) is 6.07 Å². The van der Waals surface area contributed by atoms with Crippen molar-refractivity contribution in [3.8, 4) is 0 Å². The molecule has 5 heteroatoms. The minimum absolute atomic E-state index is 0.0271. The van der Waals surface area contributed by atoms with E-state index in [2.05, 4.69) is 21.2 Å². The number of hydrogen-bond acceptors (Lipinski definition) is 2. The SMILES string of the molecule is CCN1CC(C)C(=O)Nc2cc(Br)c(F)cc21. The van der Waals surface area contributed by atoms with E-state index < -0.39 is 0 Å². The van der Waals surface area contributed by atoms with Crippen molar-refractivity contribution in [2.45, 2.75) is 13.8 Å². The van der Waals surface area contributed by atoms with Crippen molar-refractivity contribution in [2.75, 3.05) is 23.3 Å². The number of carbonyl (C=O) groups excluding carboxylic acids is 1. The quantitative estimate of drug-likeness (QED) is 0.865. The molecule has 1 amide bonds. The minimum atomic E-state index is -0.314. The third-order valence-corrected chi connectivity index (χ3v) is 3.57. The Balaban J connectivity index is 2.52. The van der Waals surface area contributed by atoms with Crippen LogP contribution in [0.1, 0.15) is 13.8 Å². The van der Waals surface area contributed by atoms with Gasteiger partial charge < -0.3 is 10.2 Å². The van der Waals surface area contributed by atoms with E-state index in [1.54, 1.807) is 6.07 Å². The highest BCUT2D eigenvalue weighted by atomic mass is 79.9. The minimum Gasteiger partial charge on any atom is -0.369 e. The highest BCUT2D eigenvalue weighted by Crippen LogP contribution is 2.34. The first-order valence-corrected chi connectivity index (χ1v) is 6.37. The molecule has 1 N–H and O–H groups in total. The molecule has 3 nitrogen and oxygen atoms in total. The van der Waals surface area contributed by atoms with Crippen LogP contribution in [0.2, 0.25) is 0 Å². The third-order valence-electron chi connectivity index (χ3n) is 2.96. The molecule has 0 aromatic heterocycles. The van der Waals surface area contributed by atoms with E-state index in [1.807, 2.05) is 18.7 Å². The zero-order valence-electron chi connectivity index (χ0n) is 9.76. The molecule has 0 aliphatic carbocycles. The molecular weight excluding hydrogens is 287 g/mol. The van der Waals surface area contributed by atoms with Crippen LogP contribution < -0.4 is 10.2 Å². The number of amides is 1. The maximum atomic E-state index is 13.6. The maximum Gasteiger partial charge on any atom is 0.229 e. The van der Waals surface area contributed by atoms with E-state index >= 15 is 0 Å². The molecule has 1 aromatic carbocycles. The van der Waals surface area contributed by atoms with E-state index in [9.17, 15) is 9.18 Å². The predicted octanol–water partition coefficient (Wildman–Crippen LogP) is 3.00. The van der Waals surface area contributed by atoms with Gasteiger partial charge in [-0.25, -0.2) is 4.39 Å². The smallest absolute Gasteiger partial charge is 0.229 e. The number of halogens is 2. The summed E-state index contributed by atoms with van der Waals surface area (Å²) in [4.78, 5) is 13.8. The second-order valence-corrected chi connectivity index (χ2v) is 5.07. The lowest BCUT2D eigenvalue weighted by molar-refractivity contribution is -0.119. The molecule has 1 aliphatic heterocycles. The maximum absolute atomic E-state index is 13.6. The van der Waals surface area contributed by atoms with E-state index in [0.717, 1.165) is 12.2 Å². The summed E-state index contributed by atoms with van der Waals surface area (Å²) < 4.78 is 13.9. The van der Waals surface area contributed by atoms with Gasteiger partial charge in [-0.05, 0) is 28.9 Å². The molecule has 92 valence electrons. The van der Waals surface area contributed by atoms with Crippen molar-refractivity contribution < 1.29 is 9.18 Å². The van der Waals surface area contributed by atoms with Gasteiger partial charge in [-0.2, -0.15) is 0 Å². The Labute approximate surface area is 108 Å². The van der Waals surface area contributed by atoms with Crippen LogP contribution in [-0.2, 0) is 4.79 Å². The van der Waals surface area contributed by atoms with E-state index in [4.69, 9.17) is 0 Å². The fourth-order valence-corrected chi connectivity index (χ4v) is 2.31. The lowest BCUT2D eigenvalue weighted by Crippen LogP contribution is -2.30. The van der Waals surface area contributed by atoms with Crippen molar-refractivity contribution in [1.29, 1.82) is 0 Å². The Morgan fingerprint density at radius 2 is 2.29 bits per heavy atom. The topological polar surface area (TPSA) is 32.3 Å². The van der Waals surface area contributed by atoms with Crippen LogP contribution in [0, 0.1) is 11.7 Å². The second kappa shape index (κ2) is 4.64. The van der Waals surface area contributed by atoms with Crippen molar-refractivity contribution in [3.05, 3.63) is 22.4 Å². The molecule has 0 bridgehead atoms. The van der Waals surface area contributed by atoms with Gasteiger partial charge in [0.15, 0.2) is 0 Å². The van der Waals surface area contributed by atoms with Crippen LogP contribution in [0.15, 0.2) is 16.6 Å². The van der Waals surface area contributed by atoms with Gasteiger partial charge in [-0.1, -0.05) is 6.92 Å². The number of rotatable bonds is 1. The molecule has 17 heavy (non-hydrogen) atoms. The summed E-state index contributed by atoms with van der Waals surface area (Å²) in [6.07, 6.45) is 0. The van der Waals surface area contributed by atoms with Crippen LogP contribution >= 0.6 is 15.9 Å². The summed E-state index contributed by atoms with van der Waals surface area (Å²) in [7, 11) is 0. The summed E-state index contributed by atoms with van der Waals surface area (Å²) >= 11 is 3.13. The molecule has 1 atom stereocenters. The fourth-order valence-electron chi connectivity index (χ4n) is 1.97. The molecule has 0 fully saturated rings. The standard InChI is InChI=1S/C12H14BrFN2O/c1-3-16-6-7(2)12(17)15-10-4-8(13)9(14)5-11(10)16/h4-5,7H,3,6H2,1-2H3,(H,15,17). The molecule has 1 unspecified atom stereocenters. The molecule has 0 saturated heterocycles. The van der Waals surface area contributed by atoms with Crippen LogP contribution in [0.3, 0.4) is 0 Å². The van der Waals surface area contributed by atoms with Crippen LogP contribution in [0.25, 0.3) is 0 Å². The van der Waals surface area contributed by atoms with Gasteiger partial charge in [-0.3, -0.25) is 4.79 Å². The Bertz CT molecular complexity index is 464. The van der Waals surface area contributed by atoms with Crippen molar-refractivity contribution in [2.24, 2.45) is 5.92 Å².